The maximum Gasteiger partial charge on any atom is 0.311 e. The first kappa shape index (κ1) is 56.1. The molecule has 3 aliphatic rings. The molecule has 0 aromatic heterocycles. The summed E-state index contributed by atoms with van der Waals surface area (Å²) in [6, 6.07) is -1.14. The Morgan fingerprint density at radius 1 is 0.692 bits per heavy atom. The molecule has 0 amide bonds. The molecule has 3 rings (SSSR count). The van der Waals surface area contributed by atoms with Crippen molar-refractivity contribution in [2.75, 3.05) is 0 Å². The molecule has 0 aromatic carbocycles. The zero-order valence-electron chi connectivity index (χ0n) is 37.8. The summed E-state index contributed by atoms with van der Waals surface area (Å²) in [5.74, 6) is -6.82. The highest BCUT2D eigenvalue weighted by Crippen LogP contribution is 2.38. The molecule has 13 N–H and O–H groups in total. The highest BCUT2D eigenvalue weighted by Gasteiger charge is 2.51. The fourth-order valence-electron chi connectivity index (χ4n) is 8.11. The molecule has 18 nitrogen and oxygen atoms in total. The number of rotatable bonds is 3. The summed E-state index contributed by atoms with van der Waals surface area (Å²) >= 11 is 0. The molecule has 3 heterocycles. The van der Waals surface area contributed by atoms with Crippen molar-refractivity contribution in [3.8, 4) is 0 Å². The number of aliphatic hydroxyl groups excluding tert-OH is 9. The summed E-state index contributed by atoms with van der Waals surface area (Å²) in [7, 11) is 0. The minimum absolute atomic E-state index is 0.138. The Morgan fingerprint density at radius 2 is 1.28 bits per heavy atom. The van der Waals surface area contributed by atoms with Gasteiger partial charge in [-0.3, -0.25) is 9.59 Å². The Labute approximate surface area is 381 Å². The van der Waals surface area contributed by atoms with Crippen LogP contribution in [0.1, 0.15) is 91.9 Å². The predicted octanol–water partition coefficient (Wildman–Crippen LogP) is 0.936. The third-order valence-corrected chi connectivity index (χ3v) is 12.2. The second-order valence-corrected chi connectivity index (χ2v) is 17.8. The van der Waals surface area contributed by atoms with Crippen LogP contribution >= 0.6 is 0 Å². The van der Waals surface area contributed by atoms with Gasteiger partial charge in [0, 0.05) is 31.1 Å². The average molecular weight is 926 g/mol. The smallest absolute Gasteiger partial charge is 0.311 e. The second-order valence-electron chi connectivity index (χ2n) is 17.8. The van der Waals surface area contributed by atoms with Crippen LogP contribution in [-0.2, 0) is 28.5 Å². The average Bonchev–Trinajstić information content (AvgIpc) is 3.21. The topological polar surface area (TPSA) is 320 Å². The Bertz CT molecular complexity index is 1620. The van der Waals surface area contributed by atoms with Crippen LogP contribution in [0.3, 0.4) is 0 Å². The van der Waals surface area contributed by atoms with Crippen molar-refractivity contribution in [3.05, 3.63) is 72.9 Å². The molecule has 370 valence electrons. The zero-order chi connectivity index (χ0) is 48.4. The molecule has 19 atom stereocenters. The van der Waals surface area contributed by atoms with E-state index in [0.717, 1.165) is 12.8 Å². The number of esters is 1. The standard InChI is InChI=1S/C47H75NO17/c1-27-17-15-13-11-9-7-5-6-8-10-12-14-16-18-34(64-46-44(58)41(48)43(57)30(4)63-46)24-38-40(45(59)60)37(54)26-47(61,65-38)25-36(53)35(52)20-19-31(49)21-32(50)22-33(51)23-39(55)62-29(3)28(2)42(27)56/h5-6,8,10-18,27-38,40-44,46,49-54,56-58,61H,7,9,19-26,48H2,1-4H3,(H,59,60)/b6-5+,10-8+,13-11+,14-12+,17-15+,18-16+/t27-,28-,29-,30+,31+,32+,33+,34-,35-,36+,37-,38+,40+,41-,42+,43+,44-,46+,47+/m0/s1. The molecular weight excluding hydrogens is 851 g/mol. The van der Waals surface area contributed by atoms with Crippen LogP contribution < -0.4 is 5.73 Å². The Hall–Kier alpha value is -3.18. The number of fused-ring (bicyclic) bond motifs is 2. The van der Waals surface area contributed by atoms with Gasteiger partial charge in [0.2, 0.25) is 0 Å². The first-order chi connectivity index (χ1) is 30.6. The molecular formula is C47H75NO17. The number of hydrogen-bond acceptors (Lipinski definition) is 17. The Balaban J connectivity index is 1.84. The van der Waals surface area contributed by atoms with Gasteiger partial charge in [0.25, 0.3) is 0 Å². The maximum absolute atomic E-state index is 12.6. The van der Waals surface area contributed by atoms with E-state index < -0.39 is 141 Å². The Kier molecular flexibility index (Phi) is 23.8. The van der Waals surface area contributed by atoms with Gasteiger partial charge in [-0.05, 0) is 52.4 Å². The first-order valence-electron chi connectivity index (χ1n) is 22.6. The number of cyclic esters (lactones) is 1. The quantitative estimate of drug-likeness (QED) is 0.175. The molecule has 2 fully saturated rings. The zero-order valence-corrected chi connectivity index (χ0v) is 37.8. The SMILES string of the molecule is C[C@@H]1[C@H](O)[C@@H](C)/C=C/C=C/CC/C=C/C=C/C=C/C=C/[C@H](O[C@H]2O[C@H](C)[C@@H](O)[C@H](N)[C@@H]2O)C[C@H]2O[C@](O)(C[C@@H](O)[C@@H](O)CC[C@@H](O)C[C@@H](O)C[C@@H](O)CC(=O)O[C@H]1C)C[C@H](O)[C@H]2C(=O)O. The summed E-state index contributed by atoms with van der Waals surface area (Å²) in [5, 5.41) is 118. The monoisotopic (exact) mass is 926 g/mol. The molecule has 65 heavy (non-hydrogen) atoms. The molecule has 3 aliphatic heterocycles. The normalized spacial score (nSPS) is 45.2. The van der Waals surface area contributed by atoms with Gasteiger partial charge in [-0.1, -0.05) is 86.8 Å². The molecule has 0 saturated carbocycles. The van der Waals surface area contributed by atoms with Gasteiger partial charge in [0.1, 0.15) is 18.1 Å². The van der Waals surface area contributed by atoms with Crippen LogP contribution in [0.2, 0.25) is 0 Å². The molecule has 0 spiro atoms. The van der Waals surface area contributed by atoms with Gasteiger partial charge >= 0.3 is 11.9 Å². The van der Waals surface area contributed by atoms with E-state index in [9.17, 15) is 65.8 Å². The number of nitrogens with two attached hydrogens (primary N) is 1. The van der Waals surface area contributed by atoms with Gasteiger partial charge in [-0.2, -0.15) is 0 Å². The summed E-state index contributed by atoms with van der Waals surface area (Å²) < 4.78 is 23.2. The number of carbonyl (C=O) groups excluding carboxylic acids is 1. The van der Waals surface area contributed by atoms with E-state index in [2.05, 4.69) is 0 Å². The lowest BCUT2D eigenvalue weighted by Crippen LogP contribution is -2.61. The number of carboxylic acids is 1. The van der Waals surface area contributed by atoms with Crippen LogP contribution in [0, 0.1) is 17.8 Å². The van der Waals surface area contributed by atoms with E-state index in [0.29, 0.717) is 0 Å². The summed E-state index contributed by atoms with van der Waals surface area (Å²) in [6.07, 6.45) is 2.28. The first-order valence-corrected chi connectivity index (χ1v) is 22.6. The number of allylic oxidation sites excluding steroid dienone is 10. The molecule has 0 aliphatic carbocycles. The number of carboxylic acid groups (broad SMARTS) is 1. The van der Waals surface area contributed by atoms with Crippen molar-refractivity contribution in [1.29, 1.82) is 0 Å². The molecule has 2 saturated heterocycles. The highest BCUT2D eigenvalue weighted by molar-refractivity contribution is 5.71. The van der Waals surface area contributed by atoms with E-state index >= 15 is 0 Å². The third kappa shape index (κ3) is 18.8. The maximum atomic E-state index is 12.6. The molecule has 0 unspecified atom stereocenters. The lowest BCUT2D eigenvalue weighted by atomic mass is 9.82. The van der Waals surface area contributed by atoms with Gasteiger partial charge in [-0.25, -0.2) is 0 Å². The van der Waals surface area contributed by atoms with Crippen LogP contribution in [0.4, 0.5) is 0 Å². The van der Waals surface area contributed by atoms with Gasteiger partial charge in [-0.15, -0.1) is 0 Å². The van der Waals surface area contributed by atoms with E-state index in [1.54, 1.807) is 38.2 Å². The van der Waals surface area contributed by atoms with E-state index in [1.807, 2.05) is 49.5 Å². The number of hydrogen-bond donors (Lipinski definition) is 12. The number of carbonyl (C=O) groups is 2. The van der Waals surface area contributed by atoms with Crippen LogP contribution in [-0.4, -0.2) is 166 Å². The minimum atomic E-state index is -2.35. The Morgan fingerprint density at radius 3 is 1.94 bits per heavy atom. The summed E-state index contributed by atoms with van der Waals surface area (Å²) in [4.78, 5) is 25.1. The van der Waals surface area contributed by atoms with Crippen molar-refractivity contribution in [2.24, 2.45) is 23.5 Å². The van der Waals surface area contributed by atoms with Crippen molar-refractivity contribution in [3.63, 3.8) is 0 Å². The van der Waals surface area contributed by atoms with Crippen molar-refractivity contribution in [1.82, 2.24) is 0 Å². The number of aliphatic hydroxyl groups is 10. The molecule has 2 bridgehead atoms. The minimum Gasteiger partial charge on any atom is -0.481 e. The van der Waals surface area contributed by atoms with E-state index in [4.69, 9.17) is 24.7 Å². The van der Waals surface area contributed by atoms with Crippen molar-refractivity contribution < 1.29 is 84.7 Å². The van der Waals surface area contributed by atoms with Crippen LogP contribution in [0.25, 0.3) is 0 Å². The highest BCUT2D eigenvalue weighted by atomic mass is 16.7. The largest absolute Gasteiger partial charge is 0.481 e. The van der Waals surface area contributed by atoms with E-state index in [1.165, 1.54) is 13.0 Å². The molecule has 0 radical (unpaired) electrons. The number of aliphatic carboxylic acids is 1. The molecule has 0 aromatic rings. The summed E-state index contributed by atoms with van der Waals surface area (Å²) in [5.41, 5.74) is 6.02. The fraction of sp³-hybridized carbons (Fsp3) is 0.702. The fourth-order valence-corrected chi connectivity index (χ4v) is 8.11. The van der Waals surface area contributed by atoms with Crippen LogP contribution in [0.15, 0.2) is 72.9 Å². The summed E-state index contributed by atoms with van der Waals surface area (Å²) in [6.45, 7) is 6.78. The van der Waals surface area contributed by atoms with Crippen LogP contribution in [0.5, 0.6) is 0 Å². The van der Waals surface area contributed by atoms with Gasteiger partial charge in [0.05, 0.1) is 79.6 Å². The van der Waals surface area contributed by atoms with Crippen molar-refractivity contribution >= 4 is 11.9 Å². The van der Waals surface area contributed by atoms with Gasteiger partial charge < -0.3 is 80.9 Å². The third-order valence-electron chi connectivity index (χ3n) is 12.2. The number of ether oxygens (including phenoxy) is 4. The van der Waals surface area contributed by atoms with E-state index in [-0.39, 0.29) is 38.0 Å². The lowest BCUT2D eigenvalue weighted by Gasteiger charge is -2.45. The van der Waals surface area contributed by atoms with Crippen molar-refractivity contribution in [2.45, 2.75) is 189 Å². The molecule has 18 heteroatoms. The second kappa shape index (κ2) is 27.6. The van der Waals surface area contributed by atoms with Gasteiger partial charge in [0.15, 0.2) is 12.1 Å². The lowest BCUT2D eigenvalue weighted by molar-refractivity contribution is -0.310. The predicted molar refractivity (Wildman–Crippen MR) is 237 cm³/mol.